The highest BCUT2D eigenvalue weighted by Crippen LogP contribution is 2.39. The number of benzene rings is 4. The molecular weight excluding hydrogens is 1320 g/mol. The number of piperazine rings is 2. The molecule has 95 heavy (non-hydrogen) atoms. The Hall–Kier alpha value is -9.81. The molecule has 4 atom stereocenters. The van der Waals surface area contributed by atoms with Crippen LogP contribution in [-0.2, 0) is 19.1 Å². The first-order chi connectivity index (χ1) is 45.8. The Morgan fingerprint density at radius 2 is 1.06 bits per heavy atom. The number of ether oxygens (including phenoxy) is 3. The van der Waals surface area contributed by atoms with Crippen molar-refractivity contribution < 1.29 is 66.4 Å². The standard InChI is InChI=1S/C33H30ClFN6O6S.C32H27ClF2N6O5S/c1-46-26-14-19(5-7-23(26)31(42)43)4-3-10-40-17-21-16-39(11-12-41(21)33(40)45)18-25-27(32(44)47-2)28(22-8-6-20(35)15-24(22)34)38-29(37-25)30-36-9-13-48-30;1-46-31(44)26-25(37-28(29-36-8-12-47-29)38-27(26)21-7-5-19(34)14-23(21)33)17-39-10-11-41-20(15-39)16-40(32(41)45)9-2-3-18-4-6-22(30(42)43)24(35)13-18/h5-9,13-15,21,28H,10-12,16-18H2,1-2H3,(H,37,38)(H,42,43);4-8,12-14,20,27H,9-11,15-17H2,1H3,(H,37,38)(H,42,43)/t21-,28-;20-,27-/m00/s1. The normalized spacial score (nSPS) is 19.4. The molecule has 4 fully saturated rings. The average Bonchev–Trinajstić information content (AvgIpc) is 1.13. The number of hydrogen-bond donors (Lipinski definition) is 4. The zero-order valence-corrected chi connectivity index (χ0v) is 53.9. The van der Waals surface area contributed by atoms with Gasteiger partial charge < -0.3 is 54.7 Å². The summed E-state index contributed by atoms with van der Waals surface area (Å²) in [5, 5.41) is 30.0. The van der Waals surface area contributed by atoms with Crippen LogP contribution in [-0.4, -0.2) is 209 Å². The van der Waals surface area contributed by atoms with E-state index in [-0.39, 0.29) is 69.7 Å². The molecule has 12 rings (SSSR count). The number of carboxylic acids is 2. The highest BCUT2D eigenvalue weighted by molar-refractivity contribution is 7.12. The van der Waals surface area contributed by atoms with E-state index in [1.807, 2.05) is 10.3 Å². The number of aromatic nitrogens is 2. The number of carboxylic acid groups (broad SMARTS) is 2. The number of halogens is 5. The fourth-order valence-corrected chi connectivity index (χ4v) is 13.5. The lowest BCUT2D eigenvalue weighted by atomic mass is 9.95. The van der Waals surface area contributed by atoms with Crippen LogP contribution in [0.5, 0.6) is 5.75 Å². The van der Waals surface area contributed by atoms with Crippen molar-refractivity contribution in [3.63, 3.8) is 0 Å². The first-order valence-electron chi connectivity index (χ1n) is 29.3. The highest BCUT2D eigenvalue weighted by atomic mass is 35.5. The molecule has 2 aromatic heterocycles. The molecule has 4 aromatic carbocycles. The average molecular weight is 1370 g/mol. The number of fused-ring (bicyclic) bond motifs is 2. The third kappa shape index (κ3) is 14.8. The number of aromatic carboxylic acids is 2. The Balaban J connectivity index is 0.000000193. The lowest BCUT2D eigenvalue weighted by Gasteiger charge is -2.38. The summed E-state index contributed by atoms with van der Waals surface area (Å²) in [6.07, 6.45) is 3.30. The molecule has 4 saturated heterocycles. The van der Waals surface area contributed by atoms with Gasteiger partial charge in [0, 0.05) is 132 Å². The van der Waals surface area contributed by atoms with Crippen molar-refractivity contribution in [2.75, 3.05) is 99.9 Å². The molecule has 23 nitrogen and oxygen atoms in total. The van der Waals surface area contributed by atoms with E-state index in [1.165, 1.54) is 92.5 Å². The topological polar surface area (TPSA) is 265 Å². The molecule has 6 aliphatic heterocycles. The summed E-state index contributed by atoms with van der Waals surface area (Å²) in [6, 6.07) is 13.8. The quantitative estimate of drug-likeness (QED) is 0.0576. The molecule has 0 saturated carbocycles. The van der Waals surface area contributed by atoms with E-state index < -0.39 is 59.0 Å². The summed E-state index contributed by atoms with van der Waals surface area (Å²) >= 11 is 15.7. The van der Waals surface area contributed by atoms with Gasteiger partial charge in [-0.1, -0.05) is 59.0 Å². The van der Waals surface area contributed by atoms with Gasteiger partial charge in [0.05, 0.1) is 63.2 Å². The van der Waals surface area contributed by atoms with E-state index in [0.717, 1.165) is 12.1 Å². The minimum atomic E-state index is -1.36. The van der Waals surface area contributed by atoms with E-state index in [0.29, 0.717) is 121 Å². The Bertz CT molecular complexity index is 4310. The van der Waals surface area contributed by atoms with Gasteiger partial charge in [-0.25, -0.2) is 51.9 Å². The predicted molar refractivity (Wildman–Crippen MR) is 345 cm³/mol. The predicted octanol–water partition coefficient (Wildman–Crippen LogP) is 7.40. The van der Waals surface area contributed by atoms with Gasteiger partial charge in [0.1, 0.15) is 40.8 Å². The van der Waals surface area contributed by atoms with Crippen molar-refractivity contribution in [2.45, 2.75) is 24.2 Å². The Kier molecular flexibility index (Phi) is 20.5. The van der Waals surface area contributed by atoms with Gasteiger partial charge in [0.25, 0.3) is 0 Å². The van der Waals surface area contributed by atoms with Crippen LogP contribution in [0.4, 0.5) is 22.8 Å². The first-order valence-corrected chi connectivity index (χ1v) is 31.8. The van der Waals surface area contributed by atoms with Crippen LogP contribution >= 0.6 is 45.9 Å². The number of amidine groups is 2. The maximum atomic E-state index is 14.0. The minimum Gasteiger partial charge on any atom is -0.496 e. The molecule has 0 unspecified atom stereocenters. The second kappa shape index (κ2) is 29.2. The second-order valence-corrected chi connectivity index (χ2v) is 24.7. The molecule has 6 aromatic rings. The van der Waals surface area contributed by atoms with Gasteiger partial charge in [-0.2, -0.15) is 0 Å². The van der Waals surface area contributed by atoms with Crippen molar-refractivity contribution >= 4 is 93.5 Å². The number of urea groups is 2. The number of methoxy groups -OCH3 is 3. The maximum absolute atomic E-state index is 14.0. The van der Waals surface area contributed by atoms with Crippen molar-refractivity contribution in [1.82, 2.24) is 50.0 Å². The van der Waals surface area contributed by atoms with E-state index in [9.17, 15) is 47.0 Å². The van der Waals surface area contributed by atoms with Crippen LogP contribution < -0.4 is 15.4 Å². The van der Waals surface area contributed by atoms with E-state index in [2.05, 4.69) is 54.1 Å². The van der Waals surface area contributed by atoms with Gasteiger partial charge in [-0.15, -0.1) is 22.7 Å². The van der Waals surface area contributed by atoms with E-state index >= 15 is 0 Å². The lowest BCUT2D eigenvalue weighted by molar-refractivity contribution is -0.137. The fraction of sp³-hybridized carbons (Fsp3) is 0.292. The summed E-state index contributed by atoms with van der Waals surface area (Å²) < 4.78 is 57.5. The van der Waals surface area contributed by atoms with Crippen molar-refractivity contribution in [3.05, 3.63) is 189 Å². The highest BCUT2D eigenvalue weighted by Gasteiger charge is 2.44. The van der Waals surface area contributed by atoms with Gasteiger partial charge >= 0.3 is 35.9 Å². The zero-order chi connectivity index (χ0) is 67.2. The van der Waals surface area contributed by atoms with Crippen LogP contribution in [0.15, 0.2) is 128 Å². The summed E-state index contributed by atoms with van der Waals surface area (Å²) in [5.41, 5.74) is 2.93. The second-order valence-electron chi connectivity index (χ2n) is 22.1. The number of carbonyl (C=O) groups is 6. The Morgan fingerprint density at radius 3 is 1.46 bits per heavy atom. The molecule has 30 heteroatoms. The van der Waals surface area contributed by atoms with Crippen LogP contribution in [0.2, 0.25) is 10.0 Å². The third-order valence-electron chi connectivity index (χ3n) is 16.3. The SMILES string of the molecule is COC(=O)C1=C(CN2CCN3C(=O)N(CC#Cc4ccc(C(=O)O)c(F)c4)C[C@@H]3C2)NC(c2nccs2)=N[C@H]1c1ccc(F)cc1Cl.COC(=O)C1=C(CN2CCN3C(=O)N(CC#Cc4ccc(C(=O)O)c(OC)c4)C[C@@H]3C2)NC(c2nccs2)=N[C@H]1c1ccc(F)cc1Cl. The number of esters is 2. The summed E-state index contributed by atoms with van der Waals surface area (Å²) in [7, 11) is 3.96. The van der Waals surface area contributed by atoms with Crippen LogP contribution in [0, 0.1) is 41.1 Å². The molecule has 8 heterocycles. The number of nitrogens with zero attached hydrogens (tertiary/aromatic N) is 10. The molecule has 0 spiro atoms. The summed E-state index contributed by atoms with van der Waals surface area (Å²) in [6.45, 7) is 4.80. The Morgan fingerprint density at radius 1 is 0.611 bits per heavy atom. The van der Waals surface area contributed by atoms with Crippen molar-refractivity contribution in [2.24, 2.45) is 9.98 Å². The third-order valence-corrected chi connectivity index (χ3v) is 18.5. The molecule has 0 aliphatic carbocycles. The molecule has 4 amide bonds. The monoisotopic (exact) mass is 1370 g/mol. The number of aliphatic imine (C=N–C) groups is 2. The van der Waals surface area contributed by atoms with Crippen molar-refractivity contribution in [1.29, 1.82) is 0 Å². The smallest absolute Gasteiger partial charge is 0.339 e. The van der Waals surface area contributed by atoms with Gasteiger partial charge in [-0.3, -0.25) is 19.8 Å². The molecule has 0 radical (unpaired) electrons. The van der Waals surface area contributed by atoms with E-state index in [1.54, 1.807) is 44.6 Å². The minimum absolute atomic E-state index is 0.0403. The number of hydrogen-bond acceptors (Lipinski definition) is 19. The summed E-state index contributed by atoms with van der Waals surface area (Å²) in [4.78, 5) is 105. The largest absolute Gasteiger partial charge is 0.496 e. The molecule has 0 bridgehead atoms. The summed E-state index contributed by atoms with van der Waals surface area (Å²) in [5.74, 6) is 7.21. The van der Waals surface area contributed by atoms with Gasteiger partial charge in [-0.05, 0) is 60.7 Å². The molecule has 4 N–H and O–H groups in total. The maximum Gasteiger partial charge on any atom is 0.339 e. The number of rotatable bonds is 15. The number of thiazole rings is 2. The van der Waals surface area contributed by atoms with Crippen LogP contribution in [0.1, 0.15) is 65.1 Å². The lowest BCUT2D eigenvalue weighted by Crippen LogP contribution is -2.53. The molecule has 6 aliphatic rings. The first kappa shape index (κ1) is 66.6. The van der Waals surface area contributed by atoms with Gasteiger partial charge in [0.2, 0.25) is 0 Å². The van der Waals surface area contributed by atoms with Crippen molar-refractivity contribution in [3.8, 4) is 29.4 Å². The Labute approximate surface area is 559 Å². The number of carbonyl (C=O) groups excluding carboxylic acids is 4. The van der Waals surface area contributed by atoms with Crippen LogP contribution in [0.3, 0.4) is 0 Å². The van der Waals surface area contributed by atoms with Gasteiger partial charge in [0.15, 0.2) is 21.7 Å². The van der Waals surface area contributed by atoms with Crippen LogP contribution in [0.25, 0.3) is 0 Å². The zero-order valence-electron chi connectivity index (χ0n) is 50.8. The number of nitrogens with one attached hydrogen (secondary N) is 2. The molecule has 490 valence electrons. The molecular formula is C65H57Cl2F3N12O11S2. The van der Waals surface area contributed by atoms with E-state index in [4.69, 9.17) is 52.5 Å². The fourth-order valence-electron chi connectivity index (χ4n) is 11.8. The number of amides is 4.